The highest BCUT2D eigenvalue weighted by Gasteiger charge is 2.35. The minimum atomic E-state index is -0.775. The molecule has 3 amide bonds. The maximum Gasteiger partial charge on any atom is 0.285 e. The molecule has 12 heteroatoms. The van der Waals surface area contributed by atoms with Crippen molar-refractivity contribution in [1.82, 2.24) is 10.2 Å². The van der Waals surface area contributed by atoms with Crippen molar-refractivity contribution >= 4 is 46.4 Å². The van der Waals surface area contributed by atoms with E-state index in [0.29, 0.717) is 40.3 Å². The minimum Gasteiger partial charge on any atom is -0.490 e. The van der Waals surface area contributed by atoms with Crippen molar-refractivity contribution in [2.75, 3.05) is 12.4 Å². The molecular weight excluding hydrogens is 741 g/mol. The van der Waals surface area contributed by atoms with Crippen LogP contribution in [0.1, 0.15) is 47.7 Å². The Morgan fingerprint density at radius 3 is 2.30 bits per heavy atom. The Morgan fingerprint density at radius 2 is 1.68 bits per heavy atom. The predicted octanol–water partition coefficient (Wildman–Crippen LogP) is 8.69. The summed E-state index contributed by atoms with van der Waals surface area (Å²) in [5, 5.41) is 14.5. The number of hydrogen-bond donors (Lipinski definition) is 1. The molecule has 5 rings (SSSR count). The van der Waals surface area contributed by atoms with Gasteiger partial charge in [0, 0.05) is 23.4 Å². The number of nitrogens with zero attached hydrogens (tertiary/aromatic N) is 3. The van der Waals surface area contributed by atoms with E-state index in [1.165, 1.54) is 23.1 Å². The van der Waals surface area contributed by atoms with E-state index >= 15 is 0 Å². The normalized spacial score (nSPS) is 13.8. The Bertz CT molecular complexity index is 2230. The second-order valence-corrected chi connectivity index (χ2v) is 13.4. The van der Waals surface area contributed by atoms with Gasteiger partial charge >= 0.3 is 0 Å². The Kier molecular flexibility index (Phi) is 14.7. The van der Waals surface area contributed by atoms with Gasteiger partial charge in [-0.2, -0.15) is 4.99 Å². The van der Waals surface area contributed by atoms with Gasteiger partial charge in [-0.15, -0.1) is 6.58 Å². The molecule has 57 heavy (non-hydrogen) atoms. The molecule has 0 saturated heterocycles. The molecule has 0 bridgehead atoms. The lowest BCUT2D eigenvalue weighted by Gasteiger charge is -2.28. The molecule has 1 heterocycles. The molecule has 290 valence electrons. The van der Waals surface area contributed by atoms with Crippen LogP contribution in [0.4, 0.5) is 5.69 Å². The fraction of sp³-hybridized carbons (Fsp3) is 0.156. The number of carbonyl (C=O) groups is 3. The van der Waals surface area contributed by atoms with Crippen LogP contribution in [0.2, 0.25) is 0 Å². The second kappa shape index (κ2) is 20.2. The first kappa shape index (κ1) is 41.4. The van der Waals surface area contributed by atoms with Crippen molar-refractivity contribution in [2.24, 2.45) is 4.99 Å². The minimum absolute atomic E-state index is 0.0228. The molecule has 0 aliphatic carbocycles. The van der Waals surface area contributed by atoms with Gasteiger partial charge in [-0.3, -0.25) is 29.4 Å². The van der Waals surface area contributed by atoms with Crippen molar-refractivity contribution in [3.8, 4) is 11.5 Å². The van der Waals surface area contributed by atoms with Crippen LogP contribution in [0, 0.1) is 10.1 Å². The van der Waals surface area contributed by atoms with Crippen LogP contribution in [-0.2, 0) is 27.4 Å². The van der Waals surface area contributed by atoms with Gasteiger partial charge in [-0.25, -0.2) is 0 Å². The quantitative estimate of drug-likeness (QED) is 0.0280. The summed E-state index contributed by atoms with van der Waals surface area (Å²) >= 11 is 0.975. The molecule has 4 aromatic carbocycles. The molecule has 0 atom stereocenters. The Hall–Kier alpha value is -6.79. The van der Waals surface area contributed by atoms with Gasteiger partial charge in [0.05, 0.1) is 23.3 Å². The summed E-state index contributed by atoms with van der Waals surface area (Å²) in [5.41, 5.74) is 3.66. The number of ether oxygens (including phenoxy) is 2. The fourth-order valence-corrected chi connectivity index (χ4v) is 6.78. The van der Waals surface area contributed by atoms with E-state index in [9.17, 15) is 24.5 Å². The van der Waals surface area contributed by atoms with Crippen LogP contribution in [-0.4, -0.2) is 45.1 Å². The summed E-state index contributed by atoms with van der Waals surface area (Å²) in [6.07, 6.45) is 10.1. The number of thioether (sulfide) groups is 1. The van der Waals surface area contributed by atoms with Crippen LogP contribution in [0.3, 0.4) is 0 Å². The van der Waals surface area contributed by atoms with Gasteiger partial charge < -0.3 is 14.8 Å². The van der Waals surface area contributed by atoms with Crippen LogP contribution in [0.25, 0.3) is 6.08 Å². The predicted molar refractivity (Wildman–Crippen MR) is 225 cm³/mol. The van der Waals surface area contributed by atoms with E-state index in [4.69, 9.17) is 9.47 Å². The largest absolute Gasteiger partial charge is 0.490 e. The van der Waals surface area contributed by atoms with Crippen LogP contribution in [0.15, 0.2) is 157 Å². The summed E-state index contributed by atoms with van der Waals surface area (Å²) in [6.45, 7) is 11.5. The molecular formula is C45H42N4O7S. The van der Waals surface area contributed by atoms with E-state index in [-0.39, 0.29) is 41.3 Å². The molecule has 4 aromatic rings. The smallest absolute Gasteiger partial charge is 0.285 e. The van der Waals surface area contributed by atoms with E-state index in [0.717, 1.165) is 22.9 Å². The summed E-state index contributed by atoms with van der Waals surface area (Å²) in [7, 11) is 0. The van der Waals surface area contributed by atoms with Gasteiger partial charge in [-0.1, -0.05) is 115 Å². The number of non-ortho nitro benzene ring substituents is 1. The summed E-state index contributed by atoms with van der Waals surface area (Å²) in [5.74, 6) is -1.12. The first-order valence-corrected chi connectivity index (χ1v) is 19.1. The number of amidine groups is 1. The zero-order chi connectivity index (χ0) is 40.7. The molecule has 11 nitrogen and oxygen atoms in total. The Balaban J connectivity index is 1.46. The topological polar surface area (TPSA) is 140 Å². The SMILES string of the molecule is C=C/C=C\C(=C/C)N1C(=O)/C(=C/c2cc(CC=C)c(OCc3cccc([N+](=O)[O-])c3)c(OCC)c2)C(=O)N=C1SCC(=O)NC(c1ccccc1)c1ccccc1. The third-order valence-electron chi connectivity index (χ3n) is 8.55. The first-order valence-electron chi connectivity index (χ1n) is 18.1. The lowest BCUT2D eigenvalue weighted by Crippen LogP contribution is -2.42. The van der Waals surface area contributed by atoms with Gasteiger partial charge in [0.15, 0.2) is 16.7 Å². The van der Waals surface area contributed by atoms with Crippen LogP contribution in [0.5, 0.6) is 11.5 Å². The monoisotopic (exact) mass is 782 g/mol. The number of carbonyl (C=O) groups excluding carboxylic acids is 3. The number of amides is 3. The fourth-order valence-electron chi connectivity index (χ4n) is 5.98. The summed E-state index contributed by atoms with van der Waals surface area (Å²) < 4.78 is 12.1. The molecule has 1 N–H and O–H groups in total. The molecule has 0 spiro atoms. The van der Waals surface area contributed by atoms with E-state index in [1.54, 1.807) is 61.6 Å². The second-order valence-electron chi connectivity index (χ2n) is 12.5. The number of nitro benzene ring substituents is 1. The number of benzene rings is 4. The summed E-state index contributed by atoms with van der Waals surface area (Å²) in [6, 6.07) is 28.3. The highest BCUT2D eigenvalue weighted by atomic mass is 32.2. The van der Waals surface area contributed by atoms with Crippen LogP contribution >= 0.6 is 11.8 Å². The number of rotatable bonds is 17. The molecule has 0 radical (unpaired) electrons. The standard InChI is InChI=1S/C45H42N4O7S/c1-5-9-23-36(7-3)48-44(52)38(43(51)47-45(48)57-30-40(50)46-41(33-19-12-10-13-20-33)34-21-14-11-15-22-34)27-32-25-35(17-6-2)42(39(28-32)55-8-4)56-29-31-18-16-24-37(26-31)49(53)54/h5-7,9-16,18-28,41H,1-2,8,17,29-30H2,3-4H3,(H,46,50)/b23-9-,36-7+,38-27+. The average Bonchev–Trinajstić information content (AvgIpc) is 3.22. The average molecular weight is 783 g/mol. The molecule has 1 aliphatic rings. The Morgan fingerprint density at radius 1 is 0.982 bits per heavy atom. The third kappa shape index (κ3) is 10.7. The third-order valence-corrected chi connectivity index (χ3v) is 9.49. The number of hydrogen-bond acceptors (Lipinski definition) is 8. The molecule has 1 aliphatic heterocycles. The van der Waals surface area contributed by atoms with Crippen molar-refractivity contribution in [2.45, 2.75) is 32.9 Å². The first-order chi connectivity index (χ1) is 27.7. The highest BCUT2D eigenvalue weighted by Crippen LogP contribution is 2.36. The van der Waals surface area contributed by atoms with E-state index < -0.39 is 22.8 Å². The molecule has 0 unspecified atom stereocenters. The zero-order valence-corrected chi connectivity index (χ0v) is 32.4. The highest BCUT2D eigenvalue weighted by molar-refractivity contribution is 8.14. The summed E-state index contributed by atoms with van der Waals surface area (Å²) in [4.78, 5) is 58.1. The lowest BCUT2D eigenvalue weighted by molar-refractivity contribution is -0.384. The van der Waals surface area contributed by atoms with E-state index in [1.807, 2.05) is 67.6 Å². The lowest BCUT2D eigenvalue weighted by atomic mass is 9.99. The molecule has 0 fully saturated rings. The van der Waals surface area contributed by atoms with Gasteiger partial charge in [-0.05, 0) is 66.8 Å². The van der Waals surface area contributed by atoms with Gasteiger partial charge in [0.25, 0.3) is 17.5 Å². The van der Waals surface area contributed by atoms with Crippen molar-refractivity contribution in [3.05, 3.63) is 190 Å². The van der Waals surface area contributed by atoms with Gasteiger partial charge in [0.2, 0.25) is 5.91 Å². The zero-order valence-electron chi connectivity index (χ0n) is 31.6. The molecule has 0 saturated carbocycles. The number of nitro groups is 1. The van der Waals surface area contributed by atoms with Crippen molar-refractivity contribution in [1.29, 1.82) is 0 Å². The number of allylic oxidation sites excluding steroid dienone is 5. The van der Waals surface area contributed by atoms with Crippen molar-refractivity contribution < 1.29 is 28.8 Å². The van der Waals surface area contributed by atoms with Crippen molar-refractivity contribution in [3.63, 3.8) is 0 Å². The maximum atomic E-state index is 14.4. The van der Waals surface area contributed by atoms with Gasteiger partial charge in [0.1, 0.15) is 12.2 Å². The number of nitrogens with one attached hydrogen (secondary N) is 1. The Labute approximate surface area is 336 Å². The van der Waals surface area contributed by atoms with Crippen LogP contribution < -0.4 is 14.8 Å². The maximum absolute atomic E-state index is 14.4. The molecule has 0 aromatic heterocycles. The van der Waals surface area contributed by atoms with E-state index in [2.05, 4.69) is 23.5 Å². The number of aliphatic imine (C=N–C) groups is 1.